The van der Waals surface area contributed by atoms with Gasteiger partial charge in [0.25, 0.3) is 0 Å². The number of ether oxygens (including phenoxy) is 1. The van der Waals surface area contributed by atoms with Crippen molar-refractivity contribution in [1.82, 2.24) is 10.6 Å². The molecule has 0 saturated heterocycles. The number of hydrogen-bond acceptors (Lipinski definition) is 4. The van der Waals surface area contributed by atoms with E-state index in [4.69, 9.17) is 4.74 Å². The summed E-state index contributed by atoms with van der Waals surface area (Å²) >= 11 is 0. The quantitative estimate of drug-likeness (QED) is 0.379. The number of rotatable bonds is 9. The molecule has 0 bridgehead atoms. The molecule has 2 N–H and O–H groups in total. The molecule has 0 aromatic rings. The van der Waals surface area contributed by atoms with Crippen LogP contribution in [0.25, 0.3) is 0 Å². The second kappa shape index (κ2) is 10.2. The van der Waals surface area contributed by atoms with Gasteiger partial charge in [0.2, 0.25) is 11.8 Å². The molecule has 0 aromatic heterocycles. The van der Waals surface area contributed by atoms with Crippen LogP contribution in [0.3, 0.4) is 0 Å². The molecule has 1 saturated carbocycles. The maximum absolute atomic E-state index is 13.0. The van der Waals surface area contributed by atoms with Crippen molar-refractivity contribution in [3.8, 4) is 0 Å². The Morgan fingerprint density at radius 1 is 1.28 bits per heavy atom. The monoisotopic (exact) mass is 352 g/mol. The van der Waals surface area contributed by atoms with Crippen molar-refractivity contribution in [2.45, 2.75) is 64.8 Å². The average Bonchev–Trinajstić information content (AvgIpc) is 2.56. The van der Waals surface area contributed by atoms with Gasteiger partial charge in [0.15, 0.2) is 0 Å². The first-order chi connectivity index (χ1) is 11.9. The molecule has 1 fully saturated rings. The van der Waals surface area contributed by atoms with Gasteiger partial charge in [-0.3, -0.25) is 14.4 Å². The first-order valence-corrected chi connectivity index (χ1v) is 9.24. The molecule has 0 aliphatic heterocycles. The molecule has 3 unspecified atom stereocenters. The van der Waals surface area contributed by atoms with E-state index in [1.165, 1.54) is 6.92 Å². The van der Waals surface area contributed by atoms with Gasteiger partial charge in [0.1, 0.15) is 5.54 Å². The maximum Gasteiger partial charge on any atom is 0.306 e. The highest BCUT2D eigenvalue weighted by molar-refractivity contribution is 5.92. The largest absolute Gasteiger partial charge is 0.466 e. The van der Waals surface area contributed by atoms with E-state index in [1.807, 2.05) is 13.0 Å². The third kappa shape index (κ3) is 5.87. The van der Waals surface area contributed by atoms with Crippen LogP contribution in [0.1, 0.15) is 59.3 Å². The fourth-order valence-corrected chi connectivity index (χ4v) is 3.58. The molecule has 0 spiro atoms. The normalized spacial score (nSPS) is 25.7. The Kier molecular flexibility index (Phi) is 8.66. The lowest BCUT2D eigenvalue weighted by molar-refractivity contribution is -0.148. The Hall–Kier alpha value is -1.85. The highest BCUT2D eigenvalue weighted by atomic mass is 16.5. The van der Waals surface area contributed by atoms with E-state index in [0.29, 0.717) is 26.0 Å². The molecule has 6 heteroatoms. The third-order valence-corrected chi connectivity index (χ3v) is 4.84. The van der Waals surface area contributed by atoms with Gasteiger partial charge in [-0.1, -0.05) is 19.4 Å². The molecule has 142 valence electrons. The third-order valence-electron chi connectivity index (χ3n) is 4.84. The second-order valence-electron chi connectivity index (χ2n) is 6.75. The Bertz CT molecular complexity index is 492. The lowest BCUT2D eigenvalue weighted by Gasteiger charge is -2.45. The summed E-state index contributed by atoms with van der Waals surface area (Å²) in [6.07, 6.45) is 5.76. The summed E-state index contributed by atoms with van der Waals surface area (Å²) in [4.78, 5) is 36.9. The number of esters is 1. The fraction of sp³-hybridized carbons (Fsp3) is 0.737. The SMILES string of the molecule is C=CC1CCC(CC(=O)OCC)C(NC(C)=O)(C(=O)NCCCC)C1. The number of unbranched alkanes of at least 4 members (excludes halogenated alkanes) is 1. The van der Waals surface area contributed by atoms with E-state index in [-0.39, 0.29) is 36.0 Å². The topological polar surface area (TPSA) is 84.5 Å². The van der Waals surface area contributed by atoms with Gasteiger partial charge in [-0.2, -0.15) is 0 Å². The Labute approximate surface area is 150 Å². The lowest BCUT2D eigenvalue weighted by atomic mass is 9.66. The summed E-state index contributed by atoms with van der Waals surface area (Å²) in [5, 5.41) is 5.82. The van der Waals surface area contributed by atoms with E-state index in [2.05, 4.69) is 17.2 Å². The smallest absolute Gasteiger partial charge is 0.306 e. The molecular formula is C19H32N2O4. The molecule has 25 heavy (non-hydrogen) atoms. The van der Waals surface area contributed by atoms with Crippen molar-refractivity contribution in [1.29, 1.82) is 0 Å². The van der Waals surface area contributed by atoms with Crippen LogP contribution in [-0.4, -0.2) is 36.5 Å². The van der Waals surface area contributed by atoms with Crippen LogP contribution < -0.4 is 10.6 Å². The fourth-order valence-electron chi connectivity index (χ4n) is 3.58. The zero-order valence-corrected chi connectivity index (χ0v) is 15.7. The van der Waals surface area contributed by atoms with Crippen molar-refractivity contribution < 1.29 is 19.1 Å². The maximum atomic E-state index is 13.0. The molecule has 1 rings (SSSR count). The zero-order chi connectivity index (χ0) is 18.9. The van der Waals surface area contributed by atoms with E-state index in [9.17, 15) is 14.4 Å². The summed E-state index contributed by atoms with van der Waals surface area (Å²) in [5.74, 6) is -0.975. The van der Waals surface area contributed by atoms with Gasteiger partial charge in [-0.15, -0.1) is 6.58 Å². The van der Waals surface area contributed by atoms with Crippen LogP contribution in [0.4, 0.5) is 0 Å². The summed E-state index contributed by atoms with van der Waals surface area (Å²) in [5.41, 5.74) is -1.09. The molecule has 1 aliphatic carbocycles. The van der Waals surface area contributed by atoms with Crippen LogP contribution in [0.15, 0.2) is 12.7 Å². The summed E-state index contributed by atoms with van der Waals surface area (Å²) in [6.45, 7) is 9.91. The van der Waals surface area contributed by atoms with E-state index >= 15 is 0 Å². The van der Waals surface area contributed by atoms with Crippen molar-refractivity contribution in [2.24, 2.45) is 11.8 Å². The predicted molar refractivity (Wildman–Crippen MR) is 96.7 cm³/mol. The van der Waals surface area contributed by atoms with Crippen LogP contribution >= 0.6 is 0 Å². The second-order valence-corrected chi connectivity index (χ2v) is 6.75. The molecule has 3 atom stereocenters. The van der Waals surface area contributed by atoms with Crippen molar-refractivity contribution in [3.63, 3.8) is 0 Å². The number of nitrogens with one attached hydrogen (secondary N) is 2. The van der Waals surface area contributed by atoms with Crippen LogP contribution in [0.2, 0.25) is 0 Å². The Morgan fingerprint density at radius 2 is 2.00 bits per heavy atom. The summed E-state index contributed by atoms with van der Waals surface area (Å²) < 4.78 is 5.07. The van der Waals surface area contributed by atoms with E-state index in [0.717, 1.165) is 19.3 Å². The standard InChI is InChI=1S/C19H32N2O4/c1-5-8-11-20-18(24)19(21-14(4)22)13-15(6-2)9-10-16(19)12-17(23)25-7-3/h6,15-16H,2,5,7-13H2,1,3-4H3,(H,20,24)(H,21,22). The number of allylic oxidation sites excluding steroid dienone is 1. The highest BCUT2D eigenvalue weighted by Gasteiger charge is 2.50. The minimum atomic E-state index is -1.09. The molecule has 1 aliphatic rings. The molecule has 0 aromatic carbocycles. The van der Waals surface area contributed by atoms with Crippen molar-refractivity contribution in [2.75, 3.05) is 13.2 Å². The van der Waals surface area contributed by atoms with Gasteiger partial charge < -0.3 is 15.4 Å². The lowest BCUT2D eigenvalue weighted by Crippen LogP contribution is -2.65. The van der Waals surface area contributed by atoms with Gasteiger partial charge in [0, 0.05) is 19.4 Å². The van der Waals surface area contributed by atoms with Crippen molar-refractivity contribution >= 4 is 17.8 Å². The highest BCUT2D eigenvalue weighted by Crippen LogP contribution is 2.40. The first-order valence-electron chi connectivity index (χ1n) is 9.24. The minimum Gasteiger partial charge on any atom is -0.466 e. The van der Waals surface area contributed by atoms with Crippen molar-refractivity contribution in [3.05, 3.63) is 12.7 Å². The van der Waals surface area contributed by atoms with Gasteiger partial charge in [-0.25, -0.2) is 0 Å². The minimum absolute atomic E-state index is 0.124. The number of amides is 2. The molecule has 0 heterocycles. The number of hydrogen-bond donors (Lipinski definition) is 2. The summed E-state index contributed by atoms with van der Waals surface area (Å²) in [7, 11) is 0. The van der Waals surface area contributed by atoms with E-state index in [1.54, 1.807) is 6.92 Å². The molecular weight excluding hydrogens is 320 g/mol. The van der Waals surface area contributed by atoms with Crippen LogP contribution in [0, 0.1) is 11.8 Å². The number of carbonyl (C=O) groups excluding carboxylic acids is 3. The van der Waals surface area contributed by atoms with Crippen LogP contribution in [-0.2, 0) is 19.1 Å². The molecule has 0 radical (unpaired) electrons. The zero-order valence-electron chi connectivity index (χ0n) is 15.7. The first kappa shape index (κ1) is 21.2. The van der Waals surface area contributed by atoms with Gasteiger partial charge >= 0.3 is 5.97 Å². The summed E-state index contributed by atoms with van der Waals surface area (Å²) in [6, 6.07) is 0. The molecule has 6 nitrogen and oxygen atoms in total. The van der Waals surface area contributed by atoms with Gasteiger partial charge in [0.05, 0.1) is 13.0 Å². The molecule has 2 amide bonds. The Balaban J connectivity index is 3.10. The van der Waals surface area contributed by atoms with Crippen LogP contribution in [0.5, 0.6) is 0 Å². The number of carbonyl (C=O) groups is 3. The predicted octanol–water partition coefficient (Wildman–Crippen LogP) is 2.33. The van der Waals surface area contributed by atoms with E-state index < -0.39 is 5.54 Å². The average molecular weight is 352 g/mol. The van der Waals surface area contributed by atoms with Gasteiger partial charge in [-0.05, 0) is 38.5 Å². The Morgan fingerprint density at radius 3 is 2.56 bits per heavy atom.